The van der Waals surface area contributed by atoms with E-state index in [0.717, 1.165) is 54.5 Å². The molecule has 0 aliphatic carbocycles. The quantitative estimate of drug-likeness (QED) is 0.627. The van der Waals surface area contributed by atoms with E-state index in [1.54, 1.807) is 29.4 Å². The fourth-order valence-corrected chi connectivity index (χ4v) is 4.51. The van der Waals surface area contributed by atoms with Crippen molar-refractivity contribution in [2.75, 3.05) is 22.9 Å². The number of halogens is 1. The van der Waals surface area contributed by atoms with E-state index in [4.69, 9.17) is 9.97 Å². The Labute approximate surface area is 186 Å². The van der Waals surface area contributed by atoms with Gasteiger partial charge >= 0.3 is 0 Å². The summed E-state index contributed by atoms with van der Waals surface area (Å²) in [7, 11) is 0. The fraction of sp³-hybridized carbons (Fsp3) is 0.375. The number of nitrogens with zero attached hydrogens (tertiary/aromatic N) is 6. The standard InChI is InChI=1S/C24H25FN6O/c1-16-20-7-8-21(32)31(15-17-3-5-19(25)6-4-17)23(20)29-22(28-16)18-9-13-30(14-10-18)24-26-11-2-12-27-24/h2-6,11-12,18H,7-10,13-15H2,1H3. The number of aryl methyl sites for hydroxylation is 1. The van der Waals surface area contributed by atoms with Crippen LogP contribution in [0.2, 0.25) is 0 Å². The van der Waals surface area contributed by atoms with Gasteiger partial charge < -0.3 is 4.90 Å². The normalized spacial score (nSPS) is 16.9. The van der Waals surface area contributed by atoms with E-state index >= 15 is 0 Å². The van der Waals surface area contributed by atoms with Crippen molar-refractivity contribution in [1.29, 1.82) is 0 Å². The average Bonchev–Trinajstić information content (AvgIpc) is 2.83. The summed E-state index contributed by atoms with van der Waals surface area (Å²) in [6.07, 6.45) is 6.43. The average molecular weight is 433 g/mol. The van der Waals surface area contributed by atoms with Crippen LogP contribution in [0.1, 0.15) is 47.8 Å². The number of carbonyl (C=O) groups excluding carboxylic acids is 1. The summed E-state index contributed by atoms with van der Waals surface area (Å²) in [6.45, 7) is 4.06. The summed E-state index contributed by atoms with van der Waals surface area (Å²) in [5, 5.41) is 0. The van der Waals surface area contributed by atoms with E-state index in [1.165, 1.54) is 12.1 Å². The molecule has 0 spiro atoms. The zero-order valence-corrected chi connectivity index (χ0v) is 18.0. The molecule has 1 aromatic carbocycles. The monoisotopic (exact) mass is 432 g/mol. The number of carbonyl (C=O) groups is 1. The Morgan fingerprint density at radius 1 is 1.03 bits per heavy atom. The molecule has 0 unspecified atom stereocenters. The van der Waals surface area contributed by atoms with E-state index in [2.05, 4.69) is 14.9 Å². The minimum absolute atomic E-state index is 0.0434. The van der Waals surface area contributed by atoms with Gasteiger partial charge in [-0.05, 0) is 49.9 Å². The lowest BCUT2D eigenvalue weighted by Gasteiger charge is -2.33. The van der Waals surface area contributed by atoms with Crippen LogP contribution in [0.5, 0.6) is 0 Å². The van der Waals surface area contributed by atoms with Crippen LogP contribution in [0.4, 0.5) is 16.2 Å². The Hall–Kier alpha value is -3.42. The van der Waals surface area contributed by atoms with Crippen LogP contribution in [0.3, 0.4) is 0 Å². The van der Waals surface area contributed by atoms with Crippen LogP contribution in [0.25, 0.3) is 0 Å². The number of piperidine rings is 1. The number of benzene rings is 1. The highest BCUT2D eigenvalue weighted by Crippen LogP contribution is 2.33. The summed E-state index contributed by atoms with van der Waals surface area (Å²) >= 11 is 0. The van der Waals surface area contributed by atoms with Crippen molar-refractivity contribution in [2.24, 2.45) is 0 Å². The van der Waals surface area contributed by atoms with Crippen LogP contribution in [-0.4, -0.2) is 38.9 Å². The van der Waals surface area contributed by atoms with Crippen LogP contribution in [0.15, 0.2) is 42.7 Å². The molecule has 2 aliphatic heterocycles. The molecule has 0 radical (unpaired) electrons. The summed E-state index contributed by atoms with van der Waals surface area (Å²) in [6, 6.07) is 8.09. The van der Waals surface area contributed by atoms with Gasteiger partial charge in [-0.2, -0.15) is 0 Å². The summed E-state index contributed by atoms with van der Waals surface area (Å²) in [5.74, 6) is 2.25. The van der Waals surface area contributed by atoms with Crippen molar-refractivity contribution >= 4 is 17.7 Å². The van der Waals surface area contributed by atoms with Crippen LogP contribution >= 0.6 is 0 Å². The molecule has 1 fully saturated rings. The molecule has 7 nitrogen and oxygen atoms in total. The molecule has 32 heavy (non-hydrogen) atoms. The number of aromatic nitrogens is 4. The summed E-state index contributed by atoms with van der Waals surface area (Å²) in [4.78, 5) is 35.2. The number of fused-ring (bicyclic) bond motifs is 1. The Kier molecular flexibility index (Phi) is 5.51. The number of hydrogen-bond donors (Lipinski definition) is 0. The molecule has 4 heterocycles. The molecule has 5 rings (SSSR count). The summed E-state index contributed by atoms with van der Waals surface area (Å²) in [5.41, 5.74) is 2.85. The number of amides is 1. The van der Waals surface area contributed by atoms with E-state index in [-0.39, 0.29) is 17.6 Å². The number of anilines is 2. The van der Waals surface area contributed by atoms with Gasteiger partial charge in [0.05, 0.1) is 6.54 Å². The van der Waals surface area contributed by atoms with Gasteiger partial charge in [-0.1, -0.05) is 12.1 Å². The smallest absolute Gasteiger partial charge is 0.228 e. The van der Waals surface area contributed by atoms with Gasteiger partial charge in [0, 0.05) is 49.1 Å². The third-order valence-electron chi connectivity index (χ3n) is 6.30. The van der Waals surface area contributed by atoms with Crippen molar-refractivity contribution in [1.82, 2.24) is 19.9 Å². The highest BCUT2D eigenvalue weighted by molar-refractivity contribution is 5.95. The van der Waals surface area contributed by atoms with Crippen LogP contribution < -0.4 is 9.80 Å². The number of hydrogen-bond acceptors (Lipinski definition) is 6. The van der Waals surface area contributed by atoms with Crippen LogP contribution in [-0.2, 0) is 17.8 Å². The molecule has 8 heteroatoms. The highest BCUT2D eigenvalue weighted by Gasteiger charge is 2.31. The second-order valence-electron chi connectivity index (χ2n) is 8.39. The van der Waals surface area contributed by atoms with Crippen molar-refractivity contribution in [3.05, 3.63) is 71.2 Å². The molecule has 0 bridgehead atoms. The van der Waals surface area contributed by atoms with Gasteiger partial charge in [0.25, 0.3) is 0 Å². The maximum atomic E-state index is 13.3. The highest BCUT2D eigenvalue weighted by atomic mass is 19.1. The van der Waals surface area contributed by atoms with Crippen molar-refractivity contribution < 1.29 is 9.18 Å². The molecule has 3 aromatic rings. The van der Waals surface area contributed by atoms with E-state index in [1.807, 2.05) is 13.0 Å². The first-order valence-electron chi connectivity index (χ1n) is 11.0. The second-order valence-corrected chi connectivity index (χ2v) is 8.39. The van der Waals surface area contributed by atoms with E-state index < -0.39 is 0 Å². The maximum absolute atomic E-state index is 13.3. The predicted molar refractivity (Wildman–Crippen MR) is 119 cm³/mol. The zero-order chi connectivity index (χ0) is 22.1. The SMILES string of the molecule is Cc1nc(C2CCN(c3ncccn3)CC2)nc2c1CCC(=O)N2Cc1ccc(F)cc1. The Bertz CT molecular complexity index is 1110. The molecular formula is C24H25FN6O. The Morgan fingerprint density at radius 3 is 2.47 bits per heavy atom. The van der Waals surface area contributed by atoms with Gasteiger partial charge in [-0.25, -0.2) is 24.3 Å². The third-order valence-corrected chi connectivity index (χ3v) is 6.30. The lowest BCUT2D eigenvalue weighted by atomic mass is 9.95. The minimum atomic E-state index is -0.285. The van der Waals surface area contributed by atoms with Crippen molar-refractivity contribution in [3.8, 4) is 0 Å². The van der Waals surface area contributed by atoms with Gasteiger partial charge in [0.1, 0.15) is 17.5 Å². The van der Waals surface area contributed by atoms with E-state index in [0.29, 0.717) is 25.2 Å². The Balaban J connectivity index is 1.39. The predicted octanol–water partition coefficient (Wildman–Crippen LogP) is 3.58. The van der Waals surface area contributed by atoms with E-state index in [9.17, 15) is 9.18 Å². The summed E-state index contributed by atoms with van der Waals surface area (Å²) < 4.78 is 13.3. The van der Waals surface area contributed by atoms with Crippen LogP contribution in [0, 0.1) is 12.7 Å². The second kappa shape index (κ2) is 8.61. The van der Waals surface area contributed by atoms with Gasteiger partial charge in [-0.15, -0.1) is 0 Å². The van der Waals surface area contributed by atoms with Crippen molar-refractivity contribution in [3.63, 3.8) is 0 Å². The topological polar surface area (TPSA) is 75.1 Å². The molecule has 0 atom stereocenters. The first-order valence-corrected chi connectivity index (χ1v) is 11.0. The molecule has 1 saturated heterocycles. The molecule has 2 aromatic heterocycles. The molecule has 2 aliphatic rings. The lowest BCUT2D eigenvalue weighted by molar-refractivity contribution is -0.119. The molecular weight excluding hydrogens is 407 g/mol. The largest absolute Gasteiger partial charge is 0.341 e. The molecule has 1 amide bonds. The first-order chi connectivity index (χ1) is 15.6. The molecule has 0 N–H and O–H groups in total. The molecule has 164 valence electrons. The maximum Gasteiger partial charge on any atom is 0.228 e. The minimum Gasteiger partial charge on any atom is -0.341 e. The van der Waals surface area contributed by atoms with Crippen molar-refractivity contribution in [2.45, 2.75) is 45.1 Å². The third kappa shape index (κ3) is 4.04. The Morgan fingerprint density at radius 2 is 1.75 bits per heavy atom. The first kappa shape index (κ1) is 20.5. The van der Waals surface area contributed by atoms with Gasteiger partial charge in [0.15, 0.2) is 0 Å². The van der Waals surface area contributed by atoms with Gasteiger partial charge in [-0.3, -0.25) is 9.69 Å². The van der Waals surface area contributed by atoms with Gasteiger partial charge in [0.2, 0.25) is 11.9 Å². The lowest BCUT2D eigenvalue weighted by Crippen LogP contribution is -2.37. The zero-order valence-electron chi connectivity index (χ0n) is 18.0. The number of rotatable bonds is 4. The fourth-order valence-electron chi connectivity index (χ4n) is 4.51. The molecule has 0 saturated carbocycles.